The first-order valence-corrected chi connectivity index (χ1v) is 13.1. The van der Waals surface area contributed by atoms with Crippen molar-refractivity contribution in [3.05, 3.63) is 71.5 Å². The number of carbonyl (C=O) groups excluding carboxylic acids is 3. The molecule has 1 spiro atoms. The molecular formula is C28H30N6O4. The van der Waals surface area contributed by atoms with E-state index in [9.17, 15) is 14.4 Å². The molecule has 0 unspecified atom stereocenters. The smallest absolute Gasteiger partial charge is 0.240 e. The number of aryl methyl sites for hydroxylation is 1. The van der Waals surface area contributed by atoms with E-state index in [0.29, 0.717) is 50.5 Å². The molecule has 3 aliphatic rings. The highest BCUT2D eigenvalue weighted by Gasteiger charge is 2.61. The predicted molar refractivity (Wildman–Crippen MR) is 138 cm³/mol. The first kappa shape index (κ1) is 24.1. The molecule has 3 aromatic rings. The van der Waals surface area contributed by atoms with E-state index in [-0.39, 0.29) is 24.7 Å². The Hall–Kier alpha value is -4.21. The minimum Gasteiger partial charge on any atom is -0.494 e. The van der Waals surface area contributed by atoms with Crippen LogP contribution in [0.15, 0.2) is 54.7 Å². The van der Waals surface area contributed by atoms with E-state index in [1.807, 2.05) is 59.6 Å². The molecule has 2 atom stereocenters. The van der Waals surface area contributed by atoms with Gasteiger partial charge in [-0.3, -0.25) is 19.1 Å². The predicted octanol–water partition coefficient (Wildman–Crippen LogP) is 2.47. The number of carbonyl (C=O) groups is 3. The largest absolute Gasteiger partial charge is 0.494 e. The van der Waals surface area contributed by atoms with Crippen LogP contribution in [0.4, 0.5) is 5.69 Å². The van der Waals surface area contributed by atoms with Crippen LogP contribution in [-0.2, 0) is 32.9 Å². The number of hydrogen-bond acceptors (Lipinski definition) is 6. The Morgan fingerprint density at radius 1 is 1.11 bits per heavy atom. The summed E-state index contributed by atoms with van der Waals surface area (Å²) in [5.41, 5.74) is 7.66. The van der Waals surface area contributed by atoms with Crippen molar-refractivity contribution in [3.63, 3.8) is 0 Å². The van der Waals surface area contributed by atoms with Crippen LogP contribution in [0.1, 0.15) is 55.0 Å². The van der Waals surface area contributed by atoms with E-state index >= 15 is 0 Å². The summed E-state index contributed by atoms with van der Waals surface area (Å²) in [5, 5.41) is 8.57. The van der Waals surface area contributed by atoms with Gasteiger partial charge in [0, 0.05) is 38.0 Å². The minimum absolute atomic E-state index is 0.0492. The quantitative estimate of drug-likeness (QED) is 0.571. The van der Waals surface area contributed by atoms with Crippen LogP contribution < -0.4 is 15.4 Å². The maximum Gasteiger partial charge on any atom is 0.240 e. The lowest BCUT2D eigenvalue weighted by atomic mass is 9.72. The molecule has 1 fully saturated rings. The molecule has 38 heavy (non-hydrogen) atoms. The summed E-state index contributed by atoms with van der Waals surface area (Å²) in [5.74, 6) is 0.119. The lowest BCUT2D eigenvalue weighted by Gasteiger charge is -2.35. The number of primary amides is 1. The molecule has 10 nitrogen and oxygen atoms in total. The van der Waals surface area contributed by atoms with E-state index in [1.165, 1.54) is 0 Å². The van der Waals surface area contributed by atoms with Crippen LogP contribution >= 0.6 is 0 Å². The summed E-state index contributed by atoms with van der Waals surface area (Å²) in [7, 11) is 0. The summed E-state index contributed by atoms with van der Waals surface area (Å²) in [6.45, 7) is 1.87. The average Bonchev–Trinajstić information content (AvgIpc) is 3.59. The summed E-state index contributed by atoms with van der Waals surface area (Å²) >= 11 is 0. The highest BCUT2D eigenvalue weighted by atomic mass is 16.5. The Morgan fingerprint density at radius 3 is 2.84 bits per heavy atom. The molecule has 1 saturated heterocycles. The van der Waals surface area contributed by atoms with Crippen molar-refractivity contribution in [1.82, 2.24) is 19.9 Å². The van der Waals surface area contributed by atoms with E-state index in [4.69, 9.17) is 10.5 Å². The summed E-state index contributed by atoms with van der Waals surface area (Å²) < 4.78 is 7.85. The lowest BCUT2D eigenvalue weighted by Crippen LogP contribution is -2.45. The zero-order chi connectivity index (χ0) is 26.3. The third kappa shape index (κ3) is 4.00. The standard InChI is InChI=1S/C28H30N6O4/c29-24(35)10-4-11-25(36)33-14-12-28-22-8-1-2-9-23(22)34(27(28)37)18-20-17-32(31-30-20)13-5-15-38-21-7-3-6-19(16-21)26(28)33/h1-3,6-9,16-17,26H,4-5,10-15,18H2,(H2,29,35)/t26-,28+/m0/s1. The molecule has 4 heterocycles. The molecule has 6 rings (SSSR count). The number of para-hydroxylation sites is 1. The third-order valence-electron chi connectivity index (χ3n) is 7.84. The van der Waals surface area contributed by atoms with Crippen LogP contribution in [-0.4, -0.2) is 50.8 Å². The Bertz CT molecular complexity index is 1400. The number of benzene rings is 2. The van der Waals surface area contributed by atoms with Gasteiger partial charge in [-0.2, -0.15) is 0 Å². The Kier molecular flexibility index (Phi) is 6.09. The Morgan fingerprint density at radius 2 is 1.97 bits per heavy atom. The second kappa shape index (κ2) is 9.59. The van der Waals surface area contributed by atoms with Gasteiger partial charge in [0.15, 0.2) is 0 Å². The van der Waals surface area contributed by atoms with E-state index in [1.54, 1.807) is 9.58 Å². The maximum atomic E-state index is 14.5. The molecule has 0 saturated carbocycles. The van der Waals surface area contributed by atoms with Crippen molar-refractivity contribution in [1.29, 1.82) is 0 Å². The van der Waals surface area contributed by atoms with Crippen molar-refractivity contribution in [3.8, 4) is 5.75 Å². The normalized spacial score (nSPS) is 22.2. The van der Waals surface area contributed by atoms with Crippen LogP contribution in [0, 0.1) is 0 Å². The first-order valence-electron chi connectivity index (χ1n) is 13.1. The molecule has 3 aliphatic heterocycles. The van der Waals surface area contributed by atoms with Crippen molar-refractivity contribution in [2.75, 3.05) is 18.1 Å². The number of rotatable bonds is 4. The lowest BCUT2D eigenvalue weighted by molar-refractivity contribution is -0.134. The van der Waals surface area contributed by atoms with Gasteiger partial charge in [-0.05, 0) is 42.2 Å². The molecule has 6 bridgehead atoms. The van der Waals surface area contributed by atoms with Gasteiger partial charge in [0.1, 0.15) is 16.9 Å². The summed E-state index contributed by atoms with van der Waals surface area (Å²) in [6, 6.07) is 15.0. The second-order valence-electron chi connectivity index (χ2n) is 10.2. The molecule has 0 radical (unpaired) electrons. The van der Waals surface area contributed by atoms with Crippen molar-refractivity contribution >= 4 is 23.4 Å². The molecule has 196 valence electrons. The fraction of sp³-hybridized carbons (Fsp3) is 0.393. The fourth-order valence-electron chi connectivity index (χ4n) is 6.21. The van der Waals surface area contributed by atoms with Crippen molar-refractivity contribution < 1.29 is 19.1 Å². The minimum atomic E-state index is -0.954. The zero-order valence-corrected chi connectivity index (χ0v) is 21.1. The zero-order valence-electron chi connectivity index (χ0n) is 21.1. The highest BCUT2D eigenvalue weighted by Crippen LogP contribution is 2.57. The van der Waals surface area contributed by atoms with E-state index in [2.05, 4.69) is 10.3 Å². The number of nitrogens with zero attached hydrogens (tertiary/aromatic N) is 5. The molecule has 2 aromatic carbocycles. The summed E-state index contributed by atoms with van der Waals surface area (Å²) in [6.07, 6.45) is 3.82. The van der Waals surface area contributed by atoms with E-state index in [0.717, 1.165) is 23.2 Å². The number of aromatic nitrogens is 3. The molecule has 2 N–H and O–H groups in total. The topological polar surface area (TPSA) is 124 Å². The van der Waals surface area contributed by atoms with Gasteiger partial charge in [-0.15, -0.1) is 5.10 Å². The second-order valence-corrected chi connectivity index (χ2v) is 10.2. The molecule has 3 amide bonds. The van der Waals surface area contributed by atoms with Gasteiger partial charge in [-0.1, -0.05) is 35.5 Å². The number of ether oxygens (including phenoxy) is 1. The highest BCUT2D eigenvalue weighted by molar-refractivity contribution is 6.09. The molecular weight excluding hydrogens is 484 g/mol. The number of hydrogen-bond donors (Lipinski definition) is 1. The van der Waals surface area contributed by atoms with Crippen LogP contribution in [0.2, 0.25) is 0 Å². The molecule has 1 aromatic heterocycles. The van der Waals surface area contributed by atoms with Gasteiger partial charge in [-0.25, -0.2) is 0 Å². The van der Waals surface area contributed by atoms with Crippen molar-refractivity contribution in [2.24, 2.45) is 5.73 Å². The van der Waals surface area contributed by atoms with Gasteiger partial charge < -0.3 is 20.3 Å². The Balaban J connectivity index is 1.48. The van der Waals surface area contributed by atoms with Gasteiger partial charge in [0.25, 0.3) is 0 Å². The van der Waals surface area contributed by atoms with Gasteiger partial charge in [0.05, 0.1) is 25.4 Å². The monoisotopic (exact) mass is 514 g/mol. The fourth-order valence-corrected chi connectivity index (χ4v) is 6.21. The maximum absolute atomic E-state index is 14.5. The Labute approximate surface area is 220 Å². The summed E-state index contributed by atoms with van der Waals surface area (Å²) in [4.78, 5) is 43.0. The van der Waals surface area contributed by atoms with Gasteiger partial charge in [0.2, 0.25) is 17.7 Å². The average molecular weight is 515 g/mol. The number of likely N-dealkylation sites (tertiary alicyclic amines) is 1. The van der Waals surface area contributed by atoms with Crippen LogP contribution in [0.25, 0.3) is 0 Å². The van der Waals surface area contributed by atoms with Crippen LogP contribution in [0.5, 0.6) is 5.75 Å². The molecule has 10 heteroatoms. The molecule has 0 aliphatic carbocycles. The van der Waals surface area contributed by atoms with Crippen molar-refractivity contribution in [2.45, 2.75) is 56.7 Å². The SMILES string of the molecule is NC(=O)CCCC(=O)N1CC[C@]23C(=O)N(Cc4cn(nn4)CCCOc4cccc(c4)[C@H]12)c1ccccc13. The number of nitrogens with two attached hydrogens (primary N) is 1. The van der Waals surface area contributed by atoms with E-state index < -0.39 is 17.4 Å². The number of amides is 3. The first-order chi connectivity index (χ1) is 18.5. The number of fused-ring (bicyclic) bond motifs is 8. The number of anilines is 1. The third-order valence-corrected chi connectivity index (χ3v) is 7.84. The van der Waals surface area contributed by atoms with Crippen LogP contribution in [0.3, 0.4) is 0 Å². The van der Waals surface area contributed by atoms with Gasteiger partial charge >= 0.3 is 0 Å².